The van der Waals surface area contributed by atoms with Crippen LogP contribution >= 0.6 is 0 Å². The van der Waals surface area contributed by atoms with Crippen LogP contribution in [0, 0.1) is 0 Å². The van der Waals surface area contributed by atoms with E-state index in [4.69, 9.17) is 15.1 Å². The van der Waals surface area contributed by atoms with Crippen molar-refractivity contribution in [3.63, 3.8) is 0 Å². The van der Waals surface area contributed by atoms with E-state index in [0.29, 0.717) is 29.8 Å². The molecule has 3 rings (SSSR count). The van der Waals surface area contributed by atoms with Gasteiger partial charge in [0.2, 0.25) is 0 Å². The predicted molar refractivity (Wildman–Crippen MR) is 116 cm³/mol. The monoisotopic (exact) mass is 420 g/mol. The molecule has 31 heavy (non-hydrogen) atoms. The second-order valence-electron chi connectivity index (χ2n) is 6.82. The second kappa shape index (κ2) is 10.9. The fourth-order valence-electron chi connectivity index (χ4n) is 3.05. The summed E-state index contributed by atoms with van der Waals surface area (Å²) in [5.41, 5.74) is 5.52. The summed E-state index contributed by atoms with van der Waals surface area (Å²) in [6.07, 6.45) is 0.610. The molecule has 3 aromatic carbocycles. The van der Waals surface area contributed by atoms with Gasteiger partial charge in [-0.25, -0.2) is 5.48 Å². The third kappa shape index (κ3) is 6.15. The quantitative estimate of drug-likeness (QED) is 0.242. The molecule has 0 aliphatic rings. The molecule has 2 amide bonds. The van der Waals surface area contributed by atoms with Crippen molar-refractivity contribution in [1.29, 1.82) is 0 Å². The third-order valence-electron chi connectivity index (χ3n) is 4.68. The molecule has 3 aromatic rings. The molecule has 0 aliphatic carbocycles. The van der Waals surface area contributed by atoms with Gasteiger partial charge in [-0.05, 0) is 59.5 Å². The van der Waals surface area contributed by atoms with Crippen LogP contribution in [0.1, 0.15) is 26.3 Å². The van der Waals surface area contributed by atoms with Gasteiger partial charge in [0.05, 0.1) is 6.54 Å². The highest BCUT2D eigenvalue weighted by atomic mass is 16.5. The van der Waals surface area contributed by atoms with Gasteiger partial charge >= 0.3 is 0 Å². The van der Waals surface area contributed by atoms with Crippen LogP contribution in [0.3, 0.4) is 0 Å². The number of carbonyl (C=O) groups excluding carboxylic acids is 2. The summed E-state index contributed by atoms with van der Waals surface area (Å²) in [4.78, 5) is 23.6. The normalized spacial score (nSPS) is 10.4. The maximum absolute atomic E-state index is 12.3. The van der Waals surface area contributed by atoms with Gasteiger partial charge in [0.1, 0.15) is 12.4 Å². The molecule has 7 heteroatoms. The SMILES string of the molecule is O=C(NO)c1ccc(OCCNC(=O)c2ccc(-c3cccc(CCO)c3)cc2)cc1. The summed E-state index contributed by atoms with van der Waals surface area (Å²) < 4.78 is 5.54. The molecule has 0 saturated carbocycles. The molecule has 0 aliphatic heterocycles. The summed E-state index contributed by atoms with van der Waals surface area (Å²) in [6, 6.07) is 21.6. The minimum absolute atomic E-state index is 0.110. The largest absolute Gasteiger partial charge is 0.492 e. The van der Waals surface area contributed by atoms with Crippen molar-refractivity contribution >= 4 is 11.8 Å². The van der Waals surface area contributed by atoms with Crippen LogP contribution in [0.4, 0.5) is 0 Å². The van der Waals surface area contributed by atoms with Crippen LogP contribution in [0.15, 0.2) is 72.8 Å². The number of hydrogen-bond acceptors (Lipinski definition) is 5. The molecule has 160 valence electrons. The molecule has 0 unspecified atom stereocenters. The molecule has 0 bridgehead atoms. The maximum Gasteiger partial charge on any atom is 0.274 e. The summed E-state index contributed by atoms with van der Waals surface area (Å²) in [6.45, 7) is 0.703. The van der Waals surface area contributed by atoms with E-state index in [1.165, 1.54) is 12.1 Å². The van der Waals surface area contributed by atoms with Gasteiger partial charge in [-0.2, -0.15) is 0 Å². The Morgan fingerprint density at radius 1 is 0.839 bits per heavy atom. The summed E-state index contributed by atoms with van der Waals surface area (Å²) in [7, 11) is 0. The van der Waals surface area contributed by atoms with Crippen molar-refractivity contribution < 1.29 is 24.6 Å². The lowest BCUT2D eigenvalue weighted by Gasteiger charge is -2.09. The van der Waals surface area contributed by atoms with Gasteiger partial charge in [0.25, 0.3) is 11.8 Å². The predicted octanol–water partition coefficient (Wildman–Crippen LogP) is 2.82. The number of hydroxylamine groups is 1. The van der Waals surface area contributed by atoms with E-state index >= 15 is 0 Å². The van der Waals surface area contributed by atoms with Gasteiger partial charge in [0, 0.05) is 17.7 Å². The number of carbonyl (C=O) groups is 2. The van der Waals surface area contributed by atoms with E-state index < -0.39 is 5.91 Å². The van der Waals surface area contributed by atoms with Gasteiger partial charge in [0.15, 0.2) is 0 Å². The number of hydrogen-bond donors (Lipinski definition) is 4. The molecule has 0 aromatic heterocycles. The average Bonchev–Trinajstić information content (AvgIpc) is 2.82. The van der Waals surface area contributed by atoms with Crippen molar-refractivity contribution in [2.45, 2.75) is 6.42 Å². The Balaban J connectivity index is 1.48. The first kappa shape index (κ1) is 22.0. The van der Waals surface area contributed by atoms with Crippen LogP contribution in [0.5, 0.6) is 5.75 Å². The topological polar surface area (TPSA) is 108 Å². The summed E-state index contributed by atoms with van der Waals surface area (Å²) in [5, 5.41) is 20.5. The zero-order valence-corrected chi connectivity index (χ0v) is 16.9. The van der Waals surface area contributed by atoms with E-state index in [1.807, 2.05) is 36.4 Å². The molecule has 0 spiro atoms. The minimum atomic E-state index is -0.595. The Morgan fingerprint density at radius 2 is 1.52 bits per heavy atom. The lowest BCUT2D eigenvalue weighted by atomic mass is 10.0. The lowest BCUT2D eigenvalue weighted by molar-refractivity contribution is 0.0706. The van der Waals surface area contributed by atoms with Crippen molar-refractivity contribution in [2.75, 3.05) is 19.8 Å². The Kier molecular flexibility index (Phi) is 7.75. The smallest absolute Gasteiger partial charge is 0.274 e. The van der Waals surface area contributed by atoms with Crippen LogP contribution < -0.4 is 15.5 Å². The molecular formula is C24H24N2O5. The number of aliphatic hydroxyl groups excluding tert-OH is 1. The number of ether oxygens (including phenoxy) is 1. The highest BCUT2D eigenvalue weighted by molar-refractivity contribution is 5.94. The van der Waals surface area contributed by atoms with Crippen LogP contribution in [0.25, 0.3) is 11.1 Å². The summed E-state index contributed by atoms with van der Waals surface area (Å²) in [5.74, 6) is -0.238. The Bertz CT molecular complexity index is 1020. The van der Waals surface area contributed by atoms with Gasteiger partial charge < -0.3 is 15.2 Å². The Labute approximate surface area is 180 Å². The highest BCUT2D eigenvalue weighted by Gasteiger charge is 2.07. The van der Waals surface area contributed by atoms with Crippen LogP contribution in [-0.4, -0.2) is 41.9 Å². The van der Waals surface area contributed by atoms with Gasteiger partial charge in [-0.1, -0.05) is 36.4 Å². The number of benzene rings is 3. The molecule has 7 nitrogen and oxygen atoms in total. The molecule has 0 radical (unpaired) electrons. The zero-order valence-electron chi connectivity index (χ0n) is 16.9. The van der Waals surface area contributed by atoms with Crippen molar-refractivity contribution in [3.8, 4) is 16.9 Å². The third-order valence-corrected chi connectivity index (χ3v) is 4.68. The van der Waals surface area contributed by atoms with E-state index in [0.717, 1.165) is 16.7 Å². The summed E-state index contributed by atoms with van der Waals surface area (Å²) >= 11 is 0. The van der Waals surface area contributed by atoms with E-state index in [1.54, 1.807) is 29.7 Å². The second-order valence-corrected chi connectivity index (χ2v) is 6.82. The van der Waals surface area contributed by atoms with Gasteiger partial charge in [-0.3, -0.25) is 14.8 Å². The highest BCUT2D eigenvalue weighted by Crippen LogP contribution is 2.21. The molecular weight excluding hydrogens is 396 g/mol. The zero-order chi connectivity index (χ0) is 22.1. The number of rotatable bonds is 9. The van der Waals surface area contributed by atoms with E-state index in [9.17, 15) is 9.59 Å². The maximum atomic E-state index is 12.3. The molecule has 0 saturated heterocycles. The Hall–Kier alpha value is -3.68. The fraction of sp³-hybridized carbons (Fsp3) is 0.167. The first-order chi connectivity index (χ1) is 15.1. The van der Waals surface area contributed by atoms with E-state index in [-0.39, 0.29) is 19.1 Å². The van der Waals surface area contributed by atoms with Crippen molar-refractivity contribution in [1.82, 2.24) is 10.8 Å². The van der Waals surface area contributed by atoms with Crippen LogP contribution in [-0.2, 0) is 6.42 Å². The van der Waals surface area contributed by atoms with Gasteiger partial charge in [-0.15, -0.1) is 0 Å². The molecule has 0 fully saturated rings. The van der Waals surface area contributed by atoms with Crippen LogP contribution in [0.2, 0.25) is 0 Å². The lowest BCUT2D eigenvalue weighted by Crippen LogP contribution is -2.28. The fourth-order valence-corrected chi connectivity index (χ4v) is 3.05. The minimum Gasteiger partial charge on any atom is -0.492 e. The van der Waals surface area contributed by atoms with Crippen molar-refractivity contribution in [2.24, 2.45) is 0 Å². The standard InChI is InChI=1S/C24H24N2O5/c27-14-12-17-2-1-3-21(16-17)18-4-6-19(7-5-18)23(28)25-13-15-31-22-10-8-20(9-11-22)24(29)26-30/h1-11,16,27,30H,12-15H2,(H,25,28)(H,26,29). The van der Waals surface area contributed by atoms with Crippen molar-refractivity contribution in [3.05, 3.63) is 89.5 Å². The average molecular weight is 420 g/mol. The first-order valence-electron chi connectivity index (χ1n) is 9.86. The molecule has 0 heterocycles. The Morgan fingerprint density at radius 3 is 2.19 bits per heavy atom. The number of amides is 2. The first-order valence-corrected chi connectivity index (χ1v) is 9.86. The number of aliphatic hydroxyl groups is 1. The molecule has 4 N–H and O–H groups in total. The van der Waals surface area contributed by atoms with E-state index in [2.05, 4.69) is 5.32 Å². The number of nitrogens with one attached hydrogen (secondary N) is 2. The molecule has 0 atom stereocenters.